The highest BCUT2D eigenvalue weighted by molar-refractivity contribution is 7.80. The highest BCUT2D eigenvalue weighted by Gasteiger charge is 2.12. The zero-order chi connectivity index (χ0) is 14.5. The van der Waals surface area contributed by atoms with Crippen LogP contribution in [0, 0.1) is 0 Å². The van der Waals surface area contributed by atoms with E-state index in [1.165, 1.54) is 12.1 Å². The molecule has 2 rings (SSSR count). The maximum absolute atomic E-state index is 12.3. The molecule has 2 aromatic carbocycles. The minimum absolute atomic E-state index is 0.0818. The lowest BCUT2D eigenvalue weighted by Gasteiger charge is -2.11. The first kappa shape index (κ1) is 14.3. The first-order valence-corrected chi connectivity index (χ1v) is 6.15. The van der Waals surface area contributed by atoms with Gasteiger partial charge in [-0.1, -0.05) is 12.1 Å². The molecule has 2 aromatic rings. The fourth-order valence-corrected chi connectivity index (χ4v) is 1.73. The first-order valence-electron chi connectivity index (χ1n) is 5.70. The number of para-hydroxylation sites is 2. The number of carbonyl (C=O) groups excluding carboxylic acids is 1. The summed E-state index contributed by atoms with van der Waals surface area (Å²) in [5.74, 6) is -0.495. The fourth-order valence-electron chi connectivity index (χ4n) is 1.58. The lowest BCUT2D eigenvalue weighted by Crippen LogP contribution is -2.13. The zero-order valence-corrected chi connectivity index (χ0v) is 11.1. The Hall–Kier alpha value is -2.08. The van der Waals surface area contributed by atoms with Crippen molar-refractivity contribution in [2.45, 2.75) is 11.5 Å². The Morgan fingerprint density at radius 2 is 1.75 bits per heavy atom. The average Bonchev–Trinajstić information content (AvgIpc) is 2.41. The quantitative estimate of drug-likeness (QED) is 0.841. The minimum atomic E-state index is -2.95. The molecule has 20 heavy (non-hydrogen) atoms. The van der Waals surface area contributed by atoms with Gasteiger partial charge in [-0.3, -0.25) is 4.79 Å². The van der Waals surface area contributed by atoms with Gasteiger partial charge >= 0.3 is 6.61 Å². The number of hydrogen-bond acceptors (Lipinski definition) is 3. The Kier molecular flexibility index (Phi) is 4.57. The van der Waals surface area contributed by atoms with Crippen molar-refractivity contribution in [2.75, 3.05) is 5.32 Å². The normalized spacial score (nSPS) is 10.4. The number of benzene rings is 2. The Balaban J connectivity index is 2.17. The van der Waals surface area contributed by atoms with E-state index in [2.05, 4.69) is 22.7 Å². The molecule has 0 spiro atoms. The molecule has 104 valence electrons. The predicted molar refractivity (Wildman–Crippen MR) is 74.7 cm³/mol. The highest BCUT2D eigenvalue weighted by atomic mass is 32.1. The van der Waals surface area contributed by atoms with Gasteiger partial charge in [0.05, 0.1) is 5.69 Å². The lowest BCUT2D eigenvalue weighted by atomic mass is 10.2. The van der Waals surface area contributed by atoms with E-state index in [1.54, 1.807) is 36.4 Å². The average molecular weight is 295 g/mol. The van der Waals surface area contributed by atoms with Crippen LogP contribution in [-0.2, 0) is 0 Å². The van der Waals surface area contributed by atoms with E-state index in [-0.39, 0.29) is 11.4 Å². The molecular weight excluding hydrogens is 284 g/mol. The van der Waals surface area contributed by atoms with Crippen LogP contribution in [0.1, 0.15) is 10.4 Å². The molecule has 0 heterocycles. The fraction of sp³-hybridized carbons (Fsp3) is 0.0714. The molecule has 0 saturated carbocycles. The van der Waals surface area contributed by atoms with Gasteiger partial charge in [-0.2, -0.15) is 8.78 Å². The Labute approximate surface area is 120 Å². The van der Waals surface area contributed by atoms with Crippen molar-refractivity contribution in [2.24, 2.45) is 0 Å². The molecule has 0 aromatic heterocycles. The molecule has 0 saturated heterocycles. The summed E-state index contributed by atoms with van der Waals surface area (Å²) in [6.45, 7) is -2.95. The maximum atomic E-state index is 12.3. The van der Waals surface area contributed by atoms with Gasteiger partial charge in [0, 0.05) is 10.5 Å². The molecule has 0 unspecified atom stereocenters. The van der Waals surface area contributed by atoms with Crippen LogP contribution in [0.4, 0.5) is 14.5 Å². The number of anilines is 1. The Morgan fingerprint density at radius 3 is 2.40 bits per heavy atom. The third-order valence-electron chi connectivity index (χ3n) is 2.48. The summed E-state index contributed by atoms with van der Waals surface area (Å²) in [6, 6.07) is 12.5. The molecule has 0 aliphatic rings. The van der Waals surface area contributed by atoms with Gasteiger partial charge in [-0.05, 0) is 36.4 Å². The maximum Gasteiger partial charge on any atom is 0.387 e. The third-order valence-corrected chi connectivity index (χ3v) is 2.78. The Morgan fingerprint density at radius 1 is 1.10 bits per heavy atom. The highest BCUT2D eigenvalue weighted by Crippen LogP contribution is 2.26. The largest absolute Gasteiger partial charge is 0.433 e. The topological polar surface area (TPSA) is 38.3 Å². The number of alkyl halides is 2. The van der Waals surface area contributed by atoms with E-state index in [1.807, 2.05) is 0 Å². The van der Waals surface area contributed by atoms with Crippen molar-refractivity contribution in [1.29, 1.82) is 0 Å². The number of amides is 1. The molecule has 3 nitrogen and oxygen atoms in total. The number of ether oxygens (including phenoxy) is 1. The molecule has 0 bridgehead atoms. The van der Waals surface area contributed by atoms with Crippen LogP contribution >= 0.6 is 12.6 Å². The van der Waals surface area contributed by atoms with Crippen LogP contribution in [0.2, 0.25) is 0 Å². The van der Waals surface area contributed by atoms with E-state index >= 15 is 0 Å². The monoisotopic (exact) mass is 295 g/mol. The van der Waals surface area contributed by atoms with E-state index in [0.29, 0.717) is 5.56 Å². The second-order valence-corrected chi connectivity index (χ2v) is 4.39. The summed E-state index contributed by atoms with van der Waals surface area (Å²) in [5, 5.41) is 2.53. The third kappa shape index (κ3) is 3.71. The van der Waals surface area contributed by atoms with Gasteiger partial charge in [0.15, 0.2) is 0 Å². The molecule has 6 heteroatoms. The second kappa shape index (κ2) is 6.38. The number of rotatable bonds is 4. The molecule has 0 radical (unpaired) electrons. The van der Waals surface area contributed by atoms with Crippen molar-refractivity contribution in [1.82, 2.24) is 0 Å². The van der Waals surface area contributed by atoms with Crippen LogP contribution in [0.25, 0.3) is 0 Å². The molecule has 0 aliphatic carbocycles. The standard InChI is InChI=1S/C14H11F2NO2S/c15-14(16)19-12-4-2-1-3-11(12)17-13(18)9-5-7-10(20)8-6-9/h1-8,14,20H,(H,17,18). The molecular formula is C14H11F2NO2S. The second-order valence-electron chi connectivity index (χ2n) is 3.88. The first-order chi connectivity index (χ1) is 9.56. The lowest BCUT2D eigenvalue weighted by molar-refractivity contribution is -0.0493. The SMILES string of the molecule is O=C(Nc1ccccc1OC(F)F)c1ccc(S)cc1. The summed E-state index contributed by atoms with van der Waals surface area (Å²) in [5.41, 5.74) is 0.586. The van der Waals surface area contributed by atoms with Gasteiger partial charge in [0.2, 0.25) is 0 Å². The van der Waals surface area contributed by atoms with Crippen molar-refractivity contribution in [3.63, 3.8) is 0 Å². The van der Waals surface area contributed by atoms with Gasteiger partial charge < -0.3 is 10.1 Å². The molecule has 1 N–H and O–H groups in total. The zero-order valence-electron chi connectivity index (χ0n) is 10.2. The molecule has 0 atom stereocenters. The van der Waals surface area contributed by atoms with Crippen LogP contribution in [0.3, 0.4) is 0 Å². The van der Waals surface area contributed by atoms with Gasteiger partial charge in [-0.25, -0.2) is 0 Å². The van der Waals surface area contributed by atoms with Crippen LogP contribution < -0.4 is 10.1 Å². The Bertz CT molecular complexity index is 602. The van der Waals surface area contributed by atoms with Crippen molar-refractivity contribution >= 4 is 24.2 Å². The number of thiol groups is 1. The minimum Gasteiger partial charge on any atom is -0.433 e. The summed E-state index contributed by atoms with van der Waals surface area (Å²) in [7, 11) is 0. The van der Waals surface area contributed by atoms with Crippen molar-refractivity contribution in [3.05, 3.63) is 54.1 Å². The number of hydrogen-bond donors (Lipinski definition) is 2. The van der Waals surface area contributed by atoms with Crippen molar-refractivity contribution in [3.8, 4) is 5.75 Å². The summed E-state index contributed by atoms with van der Waals surface area (Å²) >= 11 is 4.12. The van der Waals surface area contributed by atoms with E-state index in [9.17, 15) is 13.6 Å². The summed E-state index contributed by atoms with van der Waals surface area (Å²) < 4.78 is 28.9. The van der Waals surface area contributed by atoms with Crippen LogP contribution in [0.15, 0.2) is 53.4 Å². The molecule has 1 amide bonds. The molecule has 0 aliphatic heterocycles. The van der Waals surface area contributed by atoms with Crippen LogP contribution in [-0.4, -0.2) is 12.5 Å². The van der Waals surface area contributed by atoms with Crippen LogP contribution in [0.5, 0.6) is 5.75 Å². The number of halogens is 2. The van der Waals surface area contributed by atoms with E-state index in [4.69, 9.17) is 0 Å². The summed E-state index contributed by atoms with van der Waals surface area (Å²) in [6.07, 6.45) is 0. The van der Waals surface area contributed by atoms with Crippen molar-refractivity contribution < 1.29 is 18.3 Å². The molecule has 0 fully saturated rings. The number of carbonyl (C=O) groups is 1. The van der Waals surface area contributed by atoms with Gasteiger partial charge in [0.1, 0.15) is 5.75 Å². The number of nitrogens with one attached hydrogen (secondary N) is 1. The van der Waals surface area contributed by atoms with Gasteiger partial charge in [0.25, 0.3) is 5.91 Å². The predicted octanol–water partition coefficient (Wildman–Crippen LogP) is 3.83. The summed E-state index contributed by atoms with van der Waals surface area (Å²) in [4.78, 5) is 12.7. The van der Waals surface area contributed by atoms with E-state index in [0.717, 1.165) is 4.90 Å². The smallest absolute Gasteiger partial charge is 0.387 e. The van der Waals surface area contributed by atoms with E-state index < -0.39 is 12.5 Å². The van der Waals surface area contributed by atoms with Gasteiger partial charge in [-0.15, -0.1) is 12.6 Å².